The highest BCUT2D eigenvalue weighted by Gasteiger charge is 2.46. The third-order valence-corrected chi connectivity index (χ3v) is 2.76. The summed E-state index contributed by atoms with van der Waals surface area (Å²) in [5.41, 5.74) is -0.791. The van der Waals surface area contributed by atoms with Crippen molar-refractivity contribution in [1.29, 1.82) is 0 Å². The van der Waals surface area contributed by atoms with Crippen molar-refractivity contribution in [1.82, 2.24) is 9.97 Å². The molecule has 6 heteroatoms. The van der Waals surface area contributed by atoms with Crippen LogP contribution in [0.1, 0.15) is 26.0 Å². The van der Waals surface area contributed by atoms with Crippen molar-refractivity contribution in [2.45, 2.75) is 32.5 Å². The second-order valence-electron chi connectivity index (χ2n) is 4.65. The lowest BCUT2D eigenvalue weighted by Gasteiger charge is -2.09. The molecule has 0 amide bonds. The Hall–Kier alpha value is -1.33. The average Bonchev–Trinajstić information content (AvgIpc) is 2.72. The van der Waals surface area contributed by atoms with Crippen LogP contribution in [0.2, 0.25) is 0 Å². The van der Waals surface area contributed by atoms with Crippen LogP contribution in [0.25, 0.3) is 0 Å². The summed E-state index contributed by atoms with van der Waals surface area (Å²) in [6.07, 6.45) is -2.38. The van der Waals surface area contributed by atoms with Gasteiger partial charge >= 0.3 is 6.18 Å². The van der Waals surface area contributed by atoms with E-state index >= 15 is 0 Å². The molecular weight excluding hydrogens is 219 g/mol. The maximum Gasteiger partial charge on any atom is 0.433 e. The largest absolute Gasteiger partial charge is 0.433 e. The van der Waals surface area contributed by atoms with E-state index in [1.807, 2.05) is 13.8 Å². The fourth-order valence-corrected chi connectivity index (χ4v) is 1.46. The Morgan fingerprint density at radius 3 is 2.56 bits per heavy atom. The minimum absolute atomic E-state index is 0.0467. The molecule has 1 aromatic rings. The van der Waals surface area contributed by atoms with Crippen LogP contribution >= 0.6 is 0 Å². The van der Waals surface area contributed by atoms with Gasteiger partial charge in [0.2, 0.25) is 5.95 Å². The van der Waals surface area contributed by atoms with Crippen molar-refractivity contribution in [3.8, 4) is 0 Å². The van der Waals surface area contributed by atoms with Gasteiger partial charge in [0.1, 0.15) is 5.69 Å². The lowest BCUT2D eigenvalue weighted by Crippen LogP contribution is -2.14. The van der Waals surface area contributed by atoms with Gasteiger partial charge in [-0.25, -0.2) is 9.97 Å². The Morgan fingerprint density at radius 2 is 2.06 bits per heavy atom. The zero-order valence-electron chi connectivity index (χ0n) is 8.97. The van der Waals surface area contributed by atoms with Gasteiger partial charge in [-0.2, -0.15) is 13.2 Å². The fourth-order valence-electron chi connectivity index (χ4n) is 1.46. The van der Waals surface area contributed by atoms with Crippen molar-refractivity contribution >= 4 is 5.95 Å². The number of nitrogens with zero attached hydrogens (tertiary/aromatic N) is 2. The van der Waals surface area contributed by atoms with Crippen LogP contribution in [-0.2, 0) is 6.18 Å². The molecule has 1 N–H and O–H groups in total. The van der Waals surface area contributed by atoms with Gasteiger partial charge < -0.3 is 5.32 Å². The molecule has 3 nitrogen and oxygen atoms in total. The molecule has 1 heterocycles. The van der Waals surface area contributed by atoms with E-state index in [4.69, 9.17) is 0 Å². The number of hydrogen-bond donors (Lipinski definition) is 1. The minimum atomic E-state index is -4.42. The number of nitrogens with one attached hydrogen (secondary N) is 1. The Morgan fingerprint density at radius 1 is 1.44 bits per heavy atom. The van der Waals surface area contributed by atoms with Crippen LogP contribution in [0.4, 0.5) is 19.1 Å². The van der Waals surface area contributed by atoms with Crippen LogP contribution in [-0.4, -0.2) is 16.0 Å². The molecule has 0 aromatic carbocycles. The second kappa shape index (κ2) is 3.33. The molecule has 2 rings (SSSR count). The molecule has 0 radical (unpaired) electrons. The molecule has 1 fully saturated rings. The van der Waals surface area contributed by atoms with Crippen LogP contribution in [0.5, 0.6) is 0 Å². The van der Waals surface area contributed by atoms with Gasteiger partial charge in [0.05, 0.1) is 0 Å². The van der Waals surface area contributed by atoms with Crippen molar-refractivity contribution < 1.29 is 13.2 Å². The first-order valence-corrected chi connectivity index (χ1v) is 4.96. The van der Waals surface area contributed by atoms with Crippen molar-refractivity contribution in [2.75, 3.05) is 5.32 Å². The summed E-state index contributed by atoms with van der Waals surface area (Å²) in [5, 5.41) is 2.90. The van der Waals surface area contributed by atoms with E-state index in [1.165, 1.54) is 0 Å². The van der Waals surface area contributed by atoms with E-state index in [9.17, 15) is 13.2 Å². The minimum Gasteiger partial charge on any atom is -0.351 e. The summed E-state index contributed by atoms with van der Waals surface area (Å²) in [6.45, 7) is 4.08. The maximum absolute atomic E-state index is 12.4. The molecule has 0 spiro atoms. The summed E-state index contributed by atoms with van der Waals surface area (Å²) >= 11 is 0. The quantitative estimate of drug-likeness (QED) is 0.850. The highest BCUT2D eigenvalue weighted by molar-refractivity contribution is 5.32. The van der Waals surface area contributed by atoms with Gasteiger partial charge in [0.15, 0.2) is 0 Å². The topological polar surface area (TPSA) is 37.8 Å². The lowest BCUT2D eigenvalue weighted by molar-refractivity contribution is -0.141. The first-order chi connectivity index (χ1) is 7.29. The number of aromatic nitrogens is 2. The molecule has 88 valence electrons. The van der Waals surface area contributed by atoms with Crippen LogP contribution < -0.4 is 5.32 Å². The smallest absolute Gasteiger partial charge is 0.351 e. The number of rotatable bonds is 2. The van der Waals surface area contributed by atoms with Crippen molar-refractivity contribution in [3.05, 3.63) is 18.0 Å². The van der Waals surface area contributed by atoms with E-state index in [2.05, 4.69) is 15.3 Å². The second-order valence-corrected chi connectivity index (χ2v) is 4.65. The van der Waals surface area contributed by atoms with Crippen LogP contribution in [0.3, 0.4) is 0 Å². The van der Waals surface area contributed by atoms with E-state index in [1.54, 1.807) is 0 Å². The summed E-state index contributed by atoms with van der Waals surface area (Å²) in [5.74, 6) is 0.0467. The molecular formula is C10H12F3N3. The summed E-state index contributed by atoms with van der Waals surface area (Å²) in [4.78, 5) is 7.22. The number of hydrogen-bond acceptors (Lipinski definition) is 3. The van der Waals surface area contributed by atoms with E-state index < -0.39 is 11.9 Å². The van der Waals surface area contributed by atoms with Gasteiger partial charge in [-0.3, -0.25) is 0 Å². The first kappa shape index (κ1) is 11.2. The Bertz CT molecular complexity index is 401. The lowest BCUT2D eigenvalue weighted by atomic mass is 10.2. The van der Waals surface area contributed by atoms with E-state index in [0.29, 0.717) is 0 Å². The molecule has 1 aliphatic carbocycles. The number of anilines is 1. The van der Waals surface area contributed by atoms with Crippen LogP contribution in [0.15, 0.2) is 12.3 Å². The monoisotopic (exact) mass is 231 g/mol. The molecule has 1 saturated carbocycles. The van der Waals surface area contributed by atoms with Crippen molar-refractivity contribution in [2.24, 2.45) is 5.41 Å². The standard InChI is InChI=1S/C10H12F3N3/c1-9(2)5-7(9)16-8-14-4-3-6(15-8)10(11,12)13/h3-4,7H,5H2,1-2H3,(H,14,15,16). The molecule has 1 unspecified atom stereocenters. The SMILES string of the molecule is CC1(C)CC1Nc1nccc(C(F)(F)F)n1. The maximum atomic E-state index is 12.4. The summed E-state index contributed by atoms with van der Waals surface area (Å²) < 4.78 is 37.1. The highest BCUT2D eigenvalue weighted by Crippen LogP contribution is 2.46. The number of alkyl halides is 3. The Kier molecular flexibility index (Phi) is 2.32. The normalized spacial score (nSPS) is 22.9. The third-order valence-electron chi connectivity index (χ3n) is 2.76. The highest BCUT2D eigenvalue weighted by atomic mass is 19.4. The zero-order chi connectivity index (χ0) is 12.0. The molecule has 16 heavy (non-hydrogen) atoms. The van der Waals surface area contributed by atoms with E-state index in [-0.39, 0.29) is 17.4 Å². The predicted octanol–water partition coefficient (Wildman–Crippen LogP) is 2.71. The first-order valence-electron chi connectivity index (χ1n) is 4.96. The zero-order valence-corrected chi connectivity index (χ0v) is 8.97. The van der Waals surface area contributed by atoms with Gasteiger partial charge in [-0.05, 0) is 17.9 Å². The predicted molar refractivity (Wildman–Crippen MR) is 52.8 cm³/mol. The molecule has 1 aliphatic rings. The van der Waals surface area contributed by atoms with Gasteiger partial charge in [0, 0.05) is 12.2 Å². The Balaban J connectivity index is 2.12. The molecule has 0 saturated heterocycles. The molecule has 0 aliphatic heterocycles. The van der Waals surface area contributed by atoms with E-state index in [0.717, 1.165) is 18.7 Å². The molecule has 0 bridgehead atoms. The Labute approximate surface area is 91.1 Å². The van der Waals surface area contributed by atoms with Gasteiger partial charge in [-0.15, -0.1) is 0 Å². The van der Waals surface area contributed by atoms with Gasteiger partial charge in [0.25, 0.3) is 0 Å². The summed E-state index contributed by atoms with van der Waals surface area (Å²) in [6, 6.07) is 1.03. The summed E-state index contributed by atoms with van der Waals surface area (Å²) in [7, 11) is 0. The fraction of sp³-hybridized carbons (Fsp3) is 0.600. The average molecular weight is 231 g/mol. The van der Waals surface area contributed by atoms with Crippen molar-refractivity contribution in [3.63, 3.8) is 0 Å². The van der Waals surface area contributed by atoms with Crippen LogP contribution in [0, 0.1) is 5.41 Å². The van der Waals surface area contributed by atoms with Gasteiger partial charge in [-0.1, -0.05) is 13.8 Å². The number of halogens is 3. The molecule has 1 aromatic heterocycles. The molecule has 1 atom stereocenters. The third kappa shape index (κ3) is 2.25.